The zero-order chi connectivity index (χ0) is 23.1. The Kier molecular flexibility index (Phi) is 16.6. The van der Waals surface area contributed by atoms with Crippen LogP contribution in [0.15, 0.2) is 71.1 Å². The first kappa shape index (κ1) is 30.4. The van der Waals surface area contributed by atoms with Gasteiger partial charge in [0.1, 0.15) is 11.1 Å². The second-order valence-electron chi connectivity index (χ2n) is 5.26. The molecule has 0 aromatic carbocycles. The standard InChI is InChI=1S/C18H16N2O6.CH4O.Cu.O.V/c21-15-11(3-1-5-13(15)17(23)24)9-19-7-8-20-10-12-4-2-6-14(16(12)22)18(25)26;1-2;;;/h1-6,9-10,19-20H,7-8H2,(H,23,24)(H,25,26);2H,1H3;;;. The molecule has 0 saturated heterocycles. The number of nitrogens with one attached hydrogen (secondary N) is 2. The summed E-state index contributed by atoms with van der Waals surface area (Å²) in [5.74, 6) is -3.71. The van der Waals surface area contributed by atoms with Crippen LogP contribution in [0.1, 0.15) is 0 Å². The molecule has 0 unspecified atom stereocenters. The van der Waals surface area contributed by atoms with Crippen molar-refractivity contribution in [2.24, 2.45) is 0 Å². The molecule has 2 aliphatic rings. The molecule has 0 saturated carbocycles. The van der Waals surface area contributed by atoms with Crippen LogP contribution in [0.2, 0.25) is 0 Å². The van der Waals surface area contributed by atoms with Crippen LogP contribution in [0.5, 0.6) is 0 Å². The van der Waals surface area contributed by atoms with Gasteiger partial charge in [0.05, 0.1) is 0 Å². The van der Waals surface area contributed by atoms with Gasteiger partial charge in [-0.25, -0.2) is 9.59 Å². The van der Waals surface area contributed by atoms with Gasteiger partial charge >= 0.3 is 33.0 Å². The van der Waals surface area contributed by atoms with Crippen LogP contribution in [0.3, 0.4) is 0 Å². The van der Waals surface area contributed by atoms with E-state index in [0.717, 1.165) is 24.5 Å². The summed E-state index contributed by atoms with van der Waals surface area (Å²) in [6.07, 6.45) is 11.3. The molecule has 12 heteroatoms. The second kappa shape index (κ2) is 16.9. The van der Waals surface area contributed by atoms with E-state index in [9.17, 15) is 19.2 Å². The maximum absolute atomic E-state index is 11.9. The summed E-state index contributed by atoms with van der Waals surface area (Å²) >= 11 is 1.06. The van der Waals surface area contributed by atoms with Crippen LogP contribution in [0.25, 0.3) is 0 Å². The zero-order valence-electron chi connectivity index (χ0n) is 16.2. The van der Waals surface area contributed by atoms with Crippen molar-refractivity contribution in [3.05, 3.63) is 71.1 Å². The second-order valence-corrected chi connectivity index (χ2v) is 5.26. The molecule has 2 rings (SSSR count). The number of allylic oxidation sites excluding steroid dienone is 8. The molecule has 0 bridgehead atoms. The van der Waals surface area contributed by atoms with Gasteiger partial charge in [0.15, 0.2) is 0 Å². The fraction of sp³-hybridized carbons (Fsp3) is 0.158. The number of hydrogen-bond acceptors (Lipinski definition) is 8. The number of ketones is 2. The van der Waals surface area contributed by atoms with Crippen molar-refractivity contribution >= 4 is 23.5 Å². The summed E-state index contributed by atoms with van der Waals surface area (Å²) in [5, 5.41) is 30.5. The maximum atomic E-state index is 11.9. The van der Waals surface area contributed by atoms with Crippen LogP contribution in [-0.2, 0) is 57.3 Å². The molecule has 0 aromatic heterocycles. The monoisotopic (exact) mass is 518 g/mol. The Morgan fingerprint density at radius 2 is 1.16 bits per heavy atom. The van der Waals surface area contributed by atoms with E-state index in [-0.39, 0.29) is 39.4 Å². The van der Waals surface area contributed by atoms with Crippen molar-refractivity contribution in [1.82, 2.24) is 10.6 Å². The van der Waals surface area contributed by atoms with Gasteiger partial charge in [0, 0.05) is 60.8 Å². The molecule has 0 spiro atoms. The summed E-state index contributed by atoms with van der Waals surface area (Å²) in [5.41, 5.74) is -0.142. The number of Topliss-reactive ketones (excluding diaryl/α,β-unsaturated/α-hetero) is 2. The summed E-state index contributed by atoms with van der Waals surface area (Å²) in [6.45, 7) is 0.778. The Labute approximate surface area is 197 Å². The molecule has 10 nitrogen and oxygen atoms in total. The number of carboxylic acids is 2. The van der Waals surface area contributed by atoms with Gasteiger partial charge in [-0.2, -0.15) is 0 Å². The fourth-order valence-electron chi connectivity index (χ4n) is 2.18. The Balaban J connectivity index is 0. The molecule has 5 N–H and O–H groups in total. The van der Waals surface area contributed by atoms with Gasteiger partial charge < -0.3 is 26.0 Å². The number of carboxylic acid groups (broad SMARTS) is 2. The predicted molar refractivity (Wildman–Crippen MR) is 101 cm³/mol. The molecule has 0 atom stereocenters. The third kappa shape index (κ3) is 9.69. The van der Waals surface area contributed by atoms with Gasteiger partial charge in [-0.05, 0) is 24.3 Å². The van der Waals surface area contributed by atoms with Gasteiger partial charge in [-0.3, -0.25) is 9.59 Å². The van der Waals surface area contributed by atoms with E-state index < -0.39 is 23.5 Å². The summed E-state index contributed by atoms with van der Waals surface area (Å²) < 4.78 is 8.19. The van der Waals surface area contributed by atoms with E-state index >= 15 is 0 Å². The number of carbonyl (C=O) groups excluding carboxylic acids is 2. The van der Waals surface area contributed by atoms with E-state index in [1.165, 1.54) is 48.9 Å². The predicted octanol–water partition coefficient (Wildman–Crippen LogP) is -0.282. The van der Waals surface area contributed by atoms with Crippen molar-refractivity contribution < 1.29 is 72.6 Å². The van der Waals surface area contributed by atoms with Crippen LogP contribution in [0.4, 0.5) is 0 Å². The fourth-order valence-corrected chi connectivity index (χ4v) is 2.18. The minimum atomic E-state index is -1.28. The van der Waals surface area contributed by atoms with Gasteiger partial charge in [0.25, 0.3) is 0 Å². The zero-order valence-corrected chi connectivity index (χ0v) is 18.5. The summed E-state index contributed by atoms with van der Waals surface area (Å²) in [6, 6.07) is 0. The van der Waals surface area contributed by atoms with Crippen molar-refractivity contribution in [2.75, 3.05) is 20.2 Å². The molecule has 0 aromatic rings. The average molecular weight is 519 g/mol. The number of hydrogen-bond donors (Lipinski definition) is 5. The summed E-state index contributed by atoms with van der Waals surface area (Å²) in [4.78, 5) is 45.6. The van der Waals surface area contributed by atoms with Crippen molar-refractivity contribution in [3.63, 3.8) is 0 Å². The molecule has 0 fully saturated rings. The van der Waals surface area contributed by atoms with Crippen LogP contribution in [-0.4, -0.2) is 59.0 Å². The first-order valence-corrected chi connectivity index (χ1v) is 8.81. The molecular weight excluding hydrogens is 499 g/mol. The molecule has 0 heterocycles. The molecule has 0 aliphatic heterocycles. The molecule has 0 amide bonds. The average Bonchev–Trinajstić information content (AvgIpc) is 2.75. The Morgan fingerprint density at radius 3 is 1.45 bits per heavy atom. The molecule has 2 aliphatic carbocycles. The summed E-state index contributed by atoms with van der Waals surface area (Å²) in [7, 11) is 1.00. The van der Waals surface area contributed by atoms with Crippen LogP contribution < -0.4 is 10.6 Å². The number of aliphatic hydroxyl groups excluding tert-OH is 1. The number of carbonyl (C=O) groups is 4. The minimum absolute atomic E-state index is 0. The Bertz CT molecular complexity index is 802. The number of aliphatic carboxylic acids is 2. The normalized spacial score (nSPS) is 16.5. The van der Waals surface area contributed by atoms with Crippen molar-refractivity contribution in [1.29, 1.82) is 0 Å². The number of rotatable bonds is 7. The van der Waals surface area contributed by atoms with E-state index in [4.69, 9.17) is 19.0 Å². The van der Waals surface area contributed by atoms with Gasteiger partial charge in [-0.15, -0.1) is 0 Å². The third-order valence-electron chi connectivity index (χ3n) is 3.48. The Morgan fingerprint density at radius 1 is 0.839 bits per heavy atom. The first-order chi connectivity index (χ1) is 14.4. The first-order valence-electron chi connectivity index (χ1n) is 8.24. The van der Waals surface area contributed by atoms with E-state index in [0.29, 0.717) is 13.1 Å². The van der Waals surface area contributed by atoms with E-state index in [1.807, 2.05) is 0 Å². The quantitative estimate of drug-likeness (QED) is 0.131. The van der Waals surface area contributed by atoms with Crippen molar-refractivity contribution in [2.45, 2.75) is 0 Å². The van der Waals surface area contributed by atoms with Crippen molar-refractivity contribution in [3.8, 4) is 0 Å². The van der Waals surface area contributed by atoms with E-state index in [2.05, 4.69) is 10.6 Å². The topological polar surface area (TPSA) is 170 Å². The molecule has 1 radical (unpaired) electrons. The molecule has 31 heavy (non-hydrogen) atoms. The Hall–Kier alpha value is -2.82. The number of aliphatic hydroxyl groups is 1. The van der Waals surface area contributed by atoms with Crippen LogP contribution in [0, 0.1) is 0 Å². The molecular formula is C19H20CuN2O8V. The van der Waals surface area contributed by atoms with Gasteiger partial charge in [-0.1, -0.05) is 12.2 Å². The SMILES string of the molecule is CO.O=C(O)C1=CC=CC(=CNCCNC=C2C=CC=C(C(=O)O)C2=O)C1=O.[Cu].[O]=[V]. The van der Waals surface area contributed by atoms with E-state index in [1.54, 1.807) is 0 Å². The third-order valence-corrected chi connectivity index (χ3v) is 3.48. The molecule has 170 valence electrons. The van der Waals surface area contributed by atoms with Crippen LogP contribution >= 0.6 is 0 Å². The van der Waals surface area contributed by atoms with Gasteiger partial charge in [0.2, 0.25) is 11.6 Å².